The minimum absolute atomic E-state index is 0.214. The molecule has 0 unspecified atom stereocenters. The first-order chi connectivity index (χ1) is 14.0. The molecule has 29 heavy (non-hydrogen) atoms. The number of aliphatic hydroxyl groups excluding tert-OH is 1. The predicted octanol–water partition coefficient (Wildman–Crippen LogP) is 2.30. The van der Waals surface area contributed by atoms with Crippen LogP contribution < -0.4 is 10.1 Å². The van der Waals surface area contributed by atoms with E-state index < -0.39 is 12.2 Å². The number of aliphatic hydroxyl groups is 1. The van der Waals surface area contributed by atoms with Crippen LogP contribution in [0.1, 0.15) is 35.2 Å². The highest BCUT2D eigenvalue weighted by molar-refractivity contribution is 5.94. The van der Waals surface area contributed by atoms with Crippen molar-refractivity contribution in [2.45, 2.75) is 50.5 Å². The largest absolute Gasteiger partial charge is 0.487 e. The van der Waals surface area contributed by atoms with Crippen molar-refractivity contribution in [3.63, 3.8) is 0 Å². The Balaban J connectivity index is 1.52. The van der Waals surface area contributed by atoms with Crippen molar-refractivity contribution >= 4 is 5.91 Å². The molecule has 4 atom stereocenters. The fraction of sp³-hybridized carbons (Fsp3) is 0.455. The van der Waals surface area contributed by atoms with Crippen LogP contribution >= 0.6 is 0 Å². The molecule has 1 aliphatic heterocycles. The number of likely N-dealkylation sites (tertiary alicyclic amines) is 1. The summed E-state index contributed by atoms with van der Waals surface area (Å²) < 4.78 is 19.4. The average Bonchev–Trinajstić information content (AvgIpc) is 3.30. The third-order valence-electron chi connectivity index (χ3n) is 5.73. The molecule has 154 valence electrons. The fourth-order valence-corrected chi connectivity index (χ4v) is 4.41. The van der Waals surface area contributed by atoms with Crippen LogP contribution in [-0.4, -0.2) is 58.3 Å². The van der Waals surface area contributed by atoms with E-state index in [1.165, 1.54) is 12.1 Å². The molecule has 1 aromatic heterocycles. The lowest BCUT2D eigenvalue weighted by molar-refractivity contribution is 0.0138. The van der Waals surface area contributed by atoms with Gasteiger partial charge in [0.2, 0.25) is 0 Å². The summed E-state index contributed by atoms with van der Waals surface area (Å²) in [6.07, 6.45) is 4.53. The molecule has 4 rings (SSSR count). The molecule has 2 aliphatic rings. The van der Waals surface area contributed by atoms with Crippen LogP contribution in [0.25, 0.3) is 0 Å². The number of benzene rings is 1. The van der Waals surface area contributed by atoms with Gasteiger partial charge in [0, 0.05) is 24.9 Å². The smallest absolute Gasteiger partial charge is 0.253 e. The quantitative estimate of drug-likeness (QED) is 0.807. The molecule has 1 aromatic carbocycles. The Bertz CT molecular complexity index is 872. The summed E-state index contributed by atoms with van der Waals surface area (Å²) in [6, 6.07) is 7.19. The van der Waals surface area contributed by atoms with Crippen molar-refractivity contribution in [1.82, 2.24) is 15.2 Å². The first kappa shape index (κ1) is 19.8. The van der Waals surface area contributed by atoms with Crippen LogP contribution in [0.15, 0.2) is 42.7 Å². The van der Waals surface area contributed by atoms with Gasteiger partial charge in [-0.25, -0.2) is 4.39 Å². The van der Waals surface area contributed by atoms with Crippen molar-refractivity contribution in [2.75, 3.05) is 13.1 Å². The van der Waals surface area contributed by atoms with E-state index in [4.69, 9.17) is 4.74 Å². The summed E-state index contributed by atoms with van der Waals surface area (Å²) in [4.78, 5) is 19.1. The van der Waals surface area contributed by atoms with Crippen molar-refractivity contribution in [1.29, 1.82) is 0 Å². The van der Waals surface area contributed by atoms with Gasteiger partial charge in [-0.15, -0.1) is 0 Å². The van der Waals surface area contributed by atoms with E-state index in [9.17, 15) is 14.3 Å². The van der Waals surface area contributed by atoms with Crippen molar-refractivity contribution in [3.05, 3.63) is 59.7 Å². The summed E-state index contributed by atoms with van der Waals surface area (Å²) >= 11 is 0. The van der Waals surface area contributed by atoms with E-state index >= 15 is 0 Å². The number of carbonyl (C=O) groups is 1. The molecule has 6 nitrogen and oxygen atoms in total. The molecule has 0 radical (unpaired) electrons. The summed E-state index contributed by atoms with van der Waals surface area (Å²) in [6.45, 7) is 3.65. The highest BCUT2D eigenvalue weighted by atomic mass is 19.1. The molecule has 1 saturated carbocycles. The molecule has 2 fully saturated rings. The number of aryl methyl sites for hydroxylation is 1. The van der Waals surface area contributed by atoms with E-state index in [2.05, 4.69) is 15.2 Å². The molecule has 1 amide bonds. The van der Waals surface area contributed by atoms with Crippen molar-refractivity contribution in [2.24, 2.45) is 0 Å². The lowest BCUT2D eigenvalue weighted by Crippen LogP contribution is -2.52. The Morgan fingerprint density at radius 2 is 2.07 bits per heavy atom. The molecular weight excluding hydrogens is 373 g/mol. The fourth-order valence-electron chi connectivity index (χ4n) is 4.41. The van der Waals surface area contributed by atoms with Crippen LogP contribution in [0.4, 0.5) is 4.39 Å². The number of nitrogens with zero attached hydrogens (tertiary/aromatic N) is 2. The Morgan fingerprint density at radius 1 is 1.28 bits per heavy atom. The molecule has 1 saturated heterocycles. The molecule has 0 spiro atoms. The molecule has 7 heteroatoms. The SMILES string of the molecule is Cc1cncc(C(=O)N[C@@H]2C[C@@H](Oc3cccc(F)c3)[C@H](O)[C@H]2N2CCCC2)c1. The van der Waals surface area contributed by atoms with E-state index in [-0.39, 0.29) is 23.8 Å². The van der Waals surface area contributed by atoms with Crippen molar-refractivity contribution < 1.29 is 19.0 Å². The number of nitrogens with one attached hydrogen (secondary N) is 1. The van der Waals surface area contributed by atoms with E-state index in [0.29, 0.717) is 17.7 Å². The zero-order chi connectivity index (χ0) is 20.4. The Labute approximate surface area is 169 Å². The van der Waals surface area contributed by atoms with Gasteiger partial charge in [0.1, 0.15) is 23.8 Å². The van der Waals surface area contributed by atoms with Crippen LogP contribution in [0.2, 0.25) is 0 Å². The summed E-state index contributed by atoms with van der Waals surface area (Å²) in [5.41, 5.74) is 1.40. The molecule has 2 N–H and O–H groups in total. The second kappa shape index (κ2) is 8.47. The molecule has 2 heterocycles. The third kappa shape index (κ3) is 4.41. The Hall–Kier alpha value is -2.51. The maximum Gasteiger partial charge on any atom is 0.253 e. The van der Waals surface area contributed by atoms with Gasteiger partial charge in [0.25, 0.3) is 5.91 Å². The maximum absolute atomic E-state index is 13.5. The summed E-state index contributed by atoms with van der Waals surface area (Å²) in [5.74, 6) is -0.221. The molecule has 2 aromatic rings. The maximum atomic E-state index is 13.5. The first-order valence-corrected chi connectivity index (χ1v) is 10.1. The van der Waals surface area contributed by atoms with Crippen LogP contribution in [0.3, 0.4) is 0 Å². The highest BCUT2D eigenvalue weighted by Gasteiger charge is 2.47. The van der Waals surface area contributed by atoms with Gasteiger partial charge in [0.05, 0.1) is 17.6 Å². The van der Waals surface area contributed by atoms with Gasteiger partial charge < -0.3 is 15.2 Å². The number of aromatic nitrogens is 1. The minimum Gasteiger partial charge on any atom is -0.487 e. The van der Waals surface area contributed by atoms with Gasteiger partial charge in [0.15, 0.2) is 0 Å². The van der Waals surface area contributed by atoms with Gasteiger partial charge in [-0.2, -0.15) is 0 Å². The number of hydrogen-bond acceptors (Lipinski definition) is 5. The number of halogens is 1. The molecular formula is C22H26FN3O3. The number of hydrogen-bond donors (Lipinski definition) is 2. The van der Waals surface area contributed by atoms with Gasteiger partial charge in [-0.1, -0.05) is 6.07 Å². The van der Waals surface area contributed by atoms with Crippen LogP contribution in [0, 0.1) is 12.7 Å². The van der Waals surface area contributed by atoms with E-state index in [1.807, 2.05) is 6.92 Å². The Kier molecular flexibility index (Phi) is 5.78. The standard InChI is InChI=1S/C22H26FN3O3/c1-14-9-15(13-24-12-14)22(28)25-18-11-19(29-17-6-4-5-16(23)10-17)21(27)20(18)26-7-2-3-8-26/h4-6,9-10,12-13,18-21,27H,2-3,7-8,11H2,1H3,(H,25,28)/t18-,19-,20+,21+/m1/s1. The lowest BCUT2D eigenvalue weighted by atomic mass is 10.1. The second-order valence-electron chi connectivity index (χ2n) is 7.90. The predicted molar refractivity (Wildman–Crippen MR) is 106 cm³/mol. The zero-order valence-electron chi connectivity index (χ0n) is 16.4. The minimum atomic E-state index is -0.780. The van der Waals surface area contributed by atoms with Gasteiger partial charge >= 0.3 is 0 Å². The second-order valence-corrected chi connectivity index (χ2v) is 7.90. The van der Waals surface area contributed by atoms with Crippen LogP contribution in [0.5, 0.6) is 5.75 Å². The van der Waals surface area contributed by atoms with Gasteiger partial charge in [-0.3, -0.25) is 14.7 Å². The van der Waals surface area contributed by atoms with E-state index in [1.54, 1.807) is 30.6 Å². The topological polar surface area (TPSA) is 74.7 Å². The number of amides is 1. The number of pyridine rings is 1. The number of ether oxygens (including phenoxy) is 1. The van der Waals surface area contributed by atoms with Crippen molar-refractivity contribution in [3.8, 4) is 5.75 Å². The summed E-state index contributed by atoms with van der Waals surface area (Å²) in [5, 5.41) is 14.1. The third-order valence-corrected chi connectivity index (χ3v) is 5.73. The Morgan fingerprint density at radius 3 is 2.79 bits per heavy atom. The lowest BCUT2D eigenvalue weighted by Gasteiger charge is -2.32. The average molecular weight is 399 g/mol. The highest BCUT2D eigenvalue weighted by Crippen LogP contribution is 2.31. The van der Waals surface area contributed by atoms with E-state index in [0.717, 1.165) is 31.5 Å². The number of carbonyl (C=O) groups excluding carboxylic acids is 1. The molecule has 1 aliphatic carbocycles. The zero-order valence-corrected chi connectivity index (χ0v) is 16.4. The summed E-state index contributed by atoms with van der Waals surface area (Å²) in [7, 11) is 0. The van der Waals surface area contributed by atoms with Gasteiger partial charge in [-0.05, 0) is 56.6 Å². The first-order valence-electron chi connectivity index (χ1n) is 10.1. The molecule has 0 bridgehead atoms. The normalized spacial score (nSPS) is 27.1. The number of rotatable bonds is 5. The monoisotopic (exact) mass is 399 g/mol. The van der Waals surface area contributed by atoms with Crippen LogP contribution in [-0.2, 0) is 0 Å².